The summed E-state index contributed by atoms with van der Waals surface area (Å²) in [5, 5.41) is 0. The van der Waals surface area contributed by atoms with Crippen molar-refractivity contribution >= 4 is 26.0 Å². The van der Waals surface area contributed by atoms with Crippen LogP contribution in [0.1, 0.15) is 17.1 Å². The van der Waals surface area contributed by atoms with E-state index >= 15 is 0 Å². The molecule has 0 spiro atoms. The molecule has 68 valence electrons. The van der Waals surface area contributed by atoms with Crippen molar-refractivity contribution in [2.24, 2.45) is 4.99 Å². The van der Waals surface area contributed by atoms with Gasteiger partial charge >= 0.3 is 0 Å². The van der Waals surface area contributed by atoms with Crippen molar-refractivity contribution in [3.05, 3.63) is 33.6 Å². The van der Waals surface area contributed by atoms with Gasteiger partial charge < -0.3 is 4.48 Å². The van der Waals surface area contributed by atoms with Crippen LogP contribution in [0.2, 0.25) is 0 Å². The molecule has 0 aromatic carbocycles. The SMILES string of the molecule is Bn1c(C)nc2c(c1=O)C=CN=C=C2. The van der Waals surface area contributed by atoms with Gasteiger partial charge in [-0.3, -0.25) is 4.79 Å². The van der Waals surface area contributed by atoms with Crippen molar-refractivity contribution in [2.45, 2.75) is 6.92 Å². The number of nitrogens with zero attached hydrogens (tertiary/aromatic N) is 3. The van der Waals surface area contributed by atoms with E-state index in [-0.39, 0.29) is 5.56 Å². The van der Waals surface area contributed by atoms with Crippen LogP contribution in [0.5, 0.6) is 0 Å². The van der Waals surface area contributed by atoms with Crippen LogP contribution in [0, 0.1) is 6.92 Å². The quantitative estimate of drug-likeness (QED) is 0.517. The molecule has 0 bridgehead atoms. The van der Waals surface area contributed by atoms with Gasteiger partial charge in [-0.15, -0.1) is 0 Å². The van der Waals surface area contributed by atoms with Crippen LogP contribution < -0.4 is 5.56 Å². The molecule has 5 heteroatoms. The van der Waals surface area contributed by atoms with E-state index in [1.165, 1.54) is 4.48 Å². The van der Waals surface area contributed by atoms with Crippen LogP contribution >= 0.6 is 0 Å². The standard InChI is InChI=1S/C9H8BN3O/c1-6-12-8-3-5-11-4-2-7(8)9(14)13(6)10/h2-4H,10H2,1H3. The van der Waals surface area contributed by atoms with E-state index in [0.717, 1.165) is 0 Å². The van der Waals surface area contributed by atoms with Gasteiger partial charge in [0.15, 0.2) is 0 Å². The van der Waals surface area contributed by atoms with Gasteiger partial charge in [0.2, 0.25) is 13.5 Å². The molecule has 4 nitrogen and oxygen atoms in total. The fraction of sp³-hybridized carbons (Fsp3) is 0.111. The summed E-state index contributed by atoms with van der Waals surface area (Å²) in [6.07, 6.45) is 4.81. The van der Waals surface area contributed by atoms with Crippen molar-refractivity contribution in [3.63, 3.8) is 0 Å². The normalized spacial score (nSPS) is 12.6. The van der Waals surface area contributed by atoms with E-state index in [4.69, 9.17) is 0 Å². The molecule has 0 saturated heterocycles. The first kappa shape index (κ1) is 8.72. The zero-order valence-electron chi connectivity index (χ0n) is 7.98. The summed E-state index contributed by atoms with van der Waals surface area (Å²) in [6, 6.07) is 0. The van der Waals surface area contributed by atoms with Crippen LogP contribution in [0.4, 0.5) is 0 Å². The minimum atomic E-state index is -0.0566. The molecule has 1 aliphatic rings. The molecule has 0 unspecified atom stereocenters. The fourth-order valence-electron chi connectivity index (χ4n) is 1.27. The smallest absolute Gasteiger partial charge is 0.248 e. The Hall–Kier alpha value is -1.87. The molecular formula is C9H8BN3O. The van der Waals surface area contributed by atoms with E-state index in [0.29, 0.717) is 17.1 Å². The highest BCUT2D eigenvalue weighted by molar-refractivity contribution is 6.06. The fourth-order valence-corrected chi connectivity index (χ4v) is 1.27. The third-order valence-corrected chi connectivity index (χ3v) is 2.17. The van der Waals surface area contributed by atoms with Gasteiger partial charge in [0.05, 0.1) is 17.1 Å². The summed E-state index contributed by atoms with van der Waals surface area (Å²) in [5.41, 5.74) is 1.13. The Bertz CT molecular complexity index is 536. The number of rotatable bonds is 0. The highest BCUT2D eigenvalue weighted by Crippen LogP contribution is 2.07. The Morgan fingerprint density at radius 1 is 1.57 bits per heavy atom. The number of hydrogen-bond acceptors (Lipinski definition) is 3. The number of aromatic nitrogens is 2. The second kappa shape index (κ2) is 3.12. The van der Waals surface area contributed by atoms with Gasteiger partial charge in [-0.25, -0.2) is 9.98 Å². The highest BCUT2D eigenvalue weighted by Gasteiger charge is 2.08. The maximum Gasteiger partial charge on any atom is 0.248 e. The van der Waals surface area contributed by atoms with E-state index in [2.05, 4.69) is 15.8 Å². The predicted octanol–water partition coefficient (Wildman–Crippen LogP) is -0.385. The Morgan fingerprint density at radius 2 is 2.36 bits per heavy atom. The van der Waals surface area contributed by atoms with E-state index in [1.807, 2.05) is 0 Å². The van der Waals surface area contributed by atoms with Crippen molar-refractivity contribution in [1.82, 2.24) is 9.46 Å². The molecule has 0 radical (unpaired) electrons. The molecule has 1 aromatic rings. The van der Waals surface area contributed by atoms with E-state index in [9.17, 15) is 4.79 Å². The molecule has 2 rings (SSSR count). The van der Waals surface area contributed by atoms with E-state index < -0.39 is 0 Å². The molecular weight excluding hydrogens is 177 g/mol. The third-order valence-electron chi connectivity index (χ3n) is 2.17. The van der Waals surface area contributed by atoms with Crippen LogP contribution in [0.3, 0.4) is 0 Å². The van der Waals surface area contributed by atoms with Crippen LogP contribution in [0.15, 0.2) is 16.0 Å². The lowest BCUT2D eigenvalue weighted by Crippen LogP contribution is -2.25. The number of fused-ring (bicyclic) bond motifs is 1. The molecule has 0 amide bonds. The molecule has 0 fully saturated rings. The topological polar surface area (TPSA) is 47.2 Å². The maximum atomic E-state index is 11.8. The molecule has 2 heterocycles. The van der Waals surface area contributed by atoms with Crippen molar-refractivity contribution < 1.29 is 0 Å². The lowest BCUT2D eigenvalue weighted by molar-refractivity contribution is 0.941. The van der Waals surface area contributed by atoms with Crippen molar-refractivity contribution in [1.29, 1.82) is 0 Å². The van der Waals surface area contributed by atoms with Gasteiger partial charge in [0.25, 0.3) is 0 Å². The summed E-state index contributed by atoms with van der Waals surface area (Å²) in [5.74, 6) is 3.36. The number of aliphatic imine (C=N–C) groups is 1. The first-order chi connectivity index (χ1) is 6.70. The second-order valence-corrected chi connectivity index (χ2v) is 3.04. The monoisotopic (exact) mass is 185 g/mol. The molecule has 0 saturated carbocycles. The van der Waals surface area contributed by atoms with Crippen LogP contribution in [-0.4, -0.2) is 23.3 Å². The molecule has 14 heavy (non-hydrogen) atoms. The average Bonchev–Trinajstić information content (AvgIpc) is 2.39. The van der Waals surface area contributed by atoms with Gasteiger partial charge in [0.1, 0.15) is 0 Å². The number of aryl methyl sites for hydroxylation is 1. The largest absolute Gasteiger partial charge is 0.350 e. The Labute approximate surface area is 81.8 Å². The van der Waals surface area contributed by atoms with Gasteiger partial charge in [-0.1, -0.05) is 0 Å². The molecule has 1 aromatic heterocycles. The van der Waals surface area contributed by atoms with Gasteiger partial charge in [0, 0.05) is 12.3 Å². The van der Waals surface area contributed by atoms with Gasteiger partial charge in [-0.05, 0) is 18.9 Å². The Balaban J connectivity index is 2.86. The minimum absolute atomic E-state index is 0.0566. The van der Waals surface area contributed by atoms with E-state index in [1.54, 1.807) is 33.3 Å². The predicted molar refractivity (Wildman–Crippen MR) is 58.1 cm³/mol. The first-order valence-electron chi connectivity index (χ1n) is 4.23. The summed E-state index contributed by atoms with van der Waals surface area (Å²) in [6.45, 7) is 1.79. The molecule has 0 N–H and O–H groups in total. The molecule has 1 aliphatic heterocycles. The zero-order valence-corrected chi connectivity index (χ0v) is 7.98. The lowest BCUT2D eigenvalue weighted by atomic mass is 10.2. The number of hydrogen-bond donors (Lipinski definition) is 0. The minimum Gasteiger partial charge on any atom is -0.350 e. The summed E-state index contributed by atoms with van der Waals surface area (Å²) >= 11 is 0. The first-order valence-corrected chi connectivity index (χ1v) is 4.23. The molecule has 0 aliphatic carbocycles. The van der Waals surface area contributed by atoms with Crippen molar-refractivity contribution in [3.8, 4) is 0 Å². The second-order valence-electron chi connectivity index (χ2n) is 3.04. The summed E-state index contributed by atoms with van der Waals surface area (Å²) < 4.78 is 1.52. The third kappa shape index (κ3) is 1.24. The summed E-state index contributed by atoms with van der Waals surface area (Å²) in [7, 11) is 1.70. The average molecular weight is 185 g/mol. The lowest BCUT2D eigenvalue weighted by Gasteiger charge is -2.06. The Kier molecular flexibility index (Phi) is 1.95. The highest BCUT2D eigenvalue weighted by atomic mass is 16.1. The Morgan fingerprint density at radius 3 is 3.14 bits per heavy atom. The maximum absolute atomic E-state index is 11.8. The van der Waals surface area contributed by atoms with Crippen LogP contribution in [0.25, 0.3) is 12.2 Å². The van der Waals surface area contributed by atoms with Crippen LogP contribution in [-0.2, 0) is 0 Å². The summed E-state index contributed by atoms with van der Waals surface area (Å²) in [4.78, 5) is 19.8. The molecule has 0 atom stereocenters. The van der Waals surface area contributed by atoms with Gasteiger partial charge in [-0.2, -0.15) is 0 Å². The van der Waals surface area contributed by atoms with Crippen molar-refractivity contribution in [2.75, 3.05) is 0 Å². The zero-order chi connectivity index (χ0) is 10.1.